The van der Waals surface area contributed by atoms with E-state index in [4.69, 9.17) is 9.84 Å². The number of carbonyl (C=O) groups excluding carboxylic acids is 1. The molecule has 0 heterocycles. The summed E-state index contributed by atoms with van der Waals surface area (Å²) in [6.45, 7) is 2.53. The molecule has 1 atom stereocenters. The molecule has 1 N–H and O–H groups in total. The summed E-state index contributed by atoms with van der Waals surface area (Å²) in [5, 5.41) is 8.96. The van der Waals surface area contributed by atoms with E-state index in [9.17, 15) is 9.59 Å². The van der Waals surface area contributed by atoms with E-state index in [1.54, 1.807) is 0 Å². The number of unbranched alkanes of at least 4 members (excludes halogenated alkanes) is 5. The third-order valence-corrected chi connectivity index (χ3v) is 3.88. The summed E-state index contributed by atoms with van der Waals surface area (Å²) in [6, 6.07) is 0. The Bertz CT molecular complexity index is 449. The van der Waals surface area contributed by atoms with E-state index >= 15 is 0 Å². The Labute approximate surface area is 159 Å². The van der Waals surface area contributed by atoms with Gasteiger partial charge in [-0.05, 0) is 32.6 Å². The summed E-state index contributed by atoms with van der Waals surface area (Å²) < 4.78 is 5.94. The average Bonchev–Trinajstić information content (AvgIpc) is 2.50. The maximum atomic E-state index is 11.9. The minimum Gasteiger partial charge on any atom is -0.481 e. The van der Waals surface area contributed by atoms with E-state index in [0.29, 0.717) is 17.4 Å². The van der Waals surface area contributed by atoms with Gasteiger partial charge in [0.05, 0.1) is 27.6 Å². The molecule has 0 aliphatic carbocycles. The van der Waals surface area contributed by atoms with Crippen molar-refractivity contribution in [1.82, 2.24) is 0 Å². The van der Waals surface area contributed by atoms with Crippen LogP contribution in [0.1, 0.15) is 64.7 Å². The minimum atomic E-state index is -0.934. The van der Waals surface area contributed by atoms with E-state index in [1.165, 1.54) is 12.8 Å². The van der Waals surface area contributed by atoms with Crippen LogP contribution < -0.4 is 0 Å². The Morgan fingerprint density at radius 2 is 1.65 bits per heavy atom. The van der Waals surface area contributed by atoms with Gasteiger partial charge >= 0.3 is 11.9 Å². The first-order chi connectivity index (χ1) is 12.2. The number of rotatable bonds is 15. The lowest BCUT2D eigenvalue weighted by molar-refractivity contribution is -0.873. The molecule has 0 spiro atoms. The van der Waals surface area contributed by atoms with Crippen molar-refractivity contribution in [2.24, 2.45) is 0 Å². The predicted octanol–water partition coefficient (Wildman–Crippen LogP) is 4.33. The minimum absolute atomic E-state index is 0.136. The highest BCUT2D eigenvalue weighted by Crippen LogP contribution is 2.11. The standard InChI is InChI=1S/C21H37NO4/c1-5-6-7-8-9-10-11-12-13-14-15-16-21(25)26-19(17-20(23)24)18-22(2,3)4/h5-6,8-9,19H,7,10-18H2,1-4H3/p+1/b6-5-,9-8-. The second-order valence-electron chi connectivity index (χ2n) is 7.77. The molecule has 5 nitrogen and oxygen atoms in total. The summed E-state index contributed by atoms with van der Waals surface area (Å²) in [4.78, 5) is 22.9. The number of likely N-dealkylation sites (N-methyl/N-ethyl adjacent to an activating group) is 1. The Morgan fingerprint density at radius 1 is 1.00 bits per heavy atom. The number of ether oxygens (including phenoxy) is 1. The number of nitrogens with zero attached hydrogens (tertiary/aromatic N) is 1. The molecule has 0 bridgehead atoms. The lowest BCUT2D eigenvalue weighted by Crippen LogP contribution is -2.43. The Hall–Kier alpha value is -1.62. The number of hydrogen-bond acceptors (Lipinski definition) is 3. The lowest BCUT2D eigenvalue weighted by Gasteiger charge is -2.28. The molecule has 0 aromatic heterocycles. The van der Waals surface area contributed by atoms with Crippen LogP contribution in [-0.4, -0.2) is 55.3 Å². The van der Waals surface area contributed by atoms with E-state index < -0.39 is 12.1 Å². The van der Waals surface area contributed by atoms with Gasteiger partial charge in [0.25, 0.3) is 0 Å². The van der Waals surface area contributed by atoms with Gasteiger partial charge in [0.1, 0.15) is 6.54 Å². The third-order valence-electron chi connectivity index (χ3n) is 3.88. The van der Waals surface area contributed by atoms with Crippen molar-refractivity contribution in [1.29, 1.82) is 0 Å². The van der Waals surface area contributed by atoms with Gasteiger partial charge in [-0.3, -0.25) is 9.59 Å². The molecule has 150 valence electrons. The molecule has 5 heteroatoms. The monoisotopic (exact) mass is 368 g/mol. The fraction of sp³-hybridized carbons (Fsp3) is 0.714. The van der Waals surface area contributed by atoms with Crippen molar-refractivity contribution in [2.45, 2.75) is 70.8 Å². The highest BCUT2D eigenvalue weighted by atomic mass is 16.5. The first-order valence-electron chi connectivity index (χ1n) is 9.72. The van der Waals surface area contributed by atoms with Crippen molar-refractivity contribution in [2.75, 3.05) is 27.7 Å². The quantitative estimate of drug-likeness (QED) is 0.202. The molecule has 0 aromatic rings. The van der Waals surface area contributed by atoms with E-state index in [0.717, 1.165) is 32.1 Å². The second-order valence-corrected chi connectivity index (χ2v) is 7.77. The number of carboxylic acids is 1. The normalized spacial score (nSPS) is 13.4. The van der Waals surface area contributed by atoms with Crippen LogP contribution in [0.25, 0.3) is 0 Å². The largest absolute Gasteiger partial charge is 0.481 e. The van der Waals surface area contributed by atoms with E-state index in [-0.39, 0.29) is 12.4 Å². The third kappa shape index (κ3) is 17.2. The smallest absolute Gasteiger partial charge is 0.307 e. The van der Waals surface area contributed by atoms with Gasteiger partial charge in [-0.25, -0.2) is 0 Å². The Balaban J connectivity index is 3.82. The summed E-state index contributed by atoms with van der Waals surface area (Å²) in [7, 11) is 5.87. The molecule has 0 amide bonds. The van der Waals surface area contributed by atoms with Crippen molar-refractivity contribution in [3.8, 4) is 0 Å². The number of allylic oxidation sites excluding steroid dienone is 4. The molecule has 1 unspecified atom stereocenters. The van der Waals surface area contributed by atoms with E-state index in [1.807, 2.05) is 28.1 Å². The van der Waals surface area contributed by atoms with Crippen LogP contribution in [0.15, 0.2) is 24.3 Å². The fourth-order valence-corrected chi connectivity index (χ4v) is 2.68. The van der Waals surface area contributed by atoms with Crippen LogP contribution in [0.4, 0.5) is 0 Å². The van der Waals surface area contributed by atoms with Crippen LogP contribution >= 0.6 is 0 Å². The van der Waals surface area contributed by atoms with Crippen LogP contribution in [0.2, 0.25) is 0 Å². The summed E-state index contributed by atoms with van der Waals surface area (Å²) >= 11 is 0. The van der Waals surface area contributed by atoms with Gasteiger partial charge in [-0.1, -0.05) is 43.6 Å². The first-order valence-corrected chi connectivity index (χ1v) is 9.72. The Kier molecular flexibility index (Phi) is 13.6. The van der Waals surface area contributed by atoms with Gasteiger partial charge < -0.3 is 14.3 Å². The van der Waals surface area contributed by atoms with Crippen LogP contribution in [0.5, 0.6) is 0 Å². The molecule has 0 aliphatic rings. The summed E-state index contributed by atoms with van der Waals surface area (Å²) in [5.74, 6) is -1.22. The SMILES string of the molecule is C/C=C\C/C=C\CCCCCCCC(=O)OC(CC(=O)O)C[N+](C)(C)C. The number of aliphatic carboxylic acids is 1. The molecular weight excluding hydrogens is 330 g/mol. The maximum absolute atomic E-state index is 11.9. The highest BCUT2D eigenvalue weighted by molar-refractivity contribution is 5.71. The fourth-order valence-electron chi connectivity index (χ4n) is 2.68. The van der Waals surface area contributed by atoms with Crippen molar-refractivity contribution >= 4 is 11.9 Å². The van der Waals surface area contributed by atoms with Crippen molar-refractivity contribution in [3.63, 3.8) is 0 Å². The molecular formula is C21H38NO4+. The molecule has 0 saturated heterocycles. The number of esters is 1. The summed E-state index contributed by atoms with van der Waals surface area (Å²) in [6.07, 6.45) is 15.7. The van der Waals surface area contributed by atoms with Crippen LogP contribution in [0, 0.1) is 0 Å². The highest BCUT2D eigenvalue weighted by Gasteiger charge is 2.24. The van der Waals surface area contributed by atoms with Gasteiger partial charge in [0, 0.05) is 6.42 Å². The lowest BCUT2D eigenvalue weighted by atomic mass is 10.1. The molecule has 0 aliphatic heterocycles. The first kappa shape index (κ1) is 24.4. The maximum Gasteiger partial charge on any atom is 0.307 e. The Morgan fingerprint density at radius 3 is 2.27 bits per heavy atom. The summed E-state index contributed by atoms with van der Waals surface area (Å²) in [5.41, 5.74) is 0. The molecule has 0 rings (SSSR count). The number of quaternary nitrogens is 1. The molecule has 0 aromatic carbocycles. The van der Waals surface area contributed by atoms with Crippen molar-refractivity contribution < 1.29 is 23.9 Å². The topological polar surface area (TPSA) is 63.6 Å². The molecule has 0 saturated carbocycles. The van der Waals surface area contributed by atoms with Crippen LogP contribution in [-0.2, 0) is 14.3 Å². The zero-order valence-corrected chi connectivity index (χ0v) is 17.1. The van der Waals surface area contributed by atoms with E-state index in [2.05, 4.69) is 24.3 Å². The second kappa shape index (κ2) is 14.5. The molecule has 26 heavy (non-hydrogen) atoms. The van der Waals surface area contributed by atoms with Gasteiger partial charge in [-0.2, -0.15) is 0 Å². The number of carboxylic acid groups (broad SMARTS) is 1. The van der Waals surface area contributed by atoms with Crippen LogP contribution in [0.3, 0.4) is 0 Å². The number of hydrogen-bond donors (Lipinski definition) is 1. The number of carbonyl (C=O) groups is 2. The van der Waals surface area contributed by atoms with Crippen molar-refractivity contribution in [3.05, 3.63) is 24.3 Å². The zero-order valence-electron chi connectivity index (χ0n) is 17.1. The molecule has 0 fully saturated rings. The van der Waals surface area contributed by atoms with Gasteiger partial charge in [0.2, 0.25) is 0 Å². The predicted molar refractivity (Wildman–Crippen MR) is 106 cm³/mol. The average molecular weight is 369 g/mol. The molecule has 0 radical (unpaired) electrons. The van der Waals surface area contributed by atoms with Gasteiger partial charge in [-0.15, -0.1) is 0 Å². The van der Waals surface area contributed by atoms with Gasteiger partial charge in [0.15, 0.2) is 6.10 Å². The zero-order chi connectivity index (χ0) is 19.8.